The molecule has 1 aliphatic carbocycles. The highest BCUT2D eigenvalue weighted by molar-refractivity contribution is 8.18. The first kappa shape index (κ1) is 30.9. The first-order valence-electron chi connectivity index (χ1n) is 15.3. The first-order chi connectivity index (χ1) is 20.6. The highest BCUT2D eigenvalue weighted by atomic mass is 32.3. The van der Waals surface area contributed by atoms with E-state index in [1.54, 1.807) is 28.8 Å². The molecular formula is C31H43FN6O3S2. The van der Waals surface area contributed by atoms with Crippen LogP contribution in [0, 0.1) is 5.82 Å². The zero-order valence-electron chi connectivity index (χ0n) is 25.2. The maximum Gasteiger partial charge on any atom is 0.248 e. The van der Waals surface area contributed by atoms with Gasteiger partial charge < -0.3 is 9.67 Å². The largest absolute Gasteiger partial charge is 0.392 e. The number of aliphatic hydroxyl groups excluding tert-OH is 1. The zero-order chi connectivity index (χ0) is 30.4. The van der Waals surface area contributed by atoms with Crippen molar-refractivity contribution >= 4 is 21.8 Å². The Balaban J connectivity index is 1.09. The SMILES string of the molecule is C/C=C(\S[C@@]1(N2C[C@@H]3C[C@@H](O)CN3CC2C)C=CC1)S(=O)(=O)N1CCN(Cc2cncn2[C@H](C)c2ccc(F)cc2)CC1. The zero-order valence-corrected chi connectivity index (χ0v) is 26.9. The van der Waals surface area contributed by atoms with Crippen molar-refractivity contribution in [1.29, 1.82) is 0 Å². The fourth-order valence-corrected chi connectivity index (χ4v) is 10.6. The molecule has 6 rings (SSSR count). The van der Waals surface area contributed by atoms with Crippen molar-refractivity contribution in [3.05, 3.63) is 76.3 Å². The molecule has 4 aliphatic rings. The molecule has 2 aromatic rings. The van der Waals surface area contributed by atoms with Gasteiger partial charge in [0, 0.05) is 70.6 Å². The summed E-state index contributed by atoms with van der Waals surface area (Å²) in [6.07, 6.45) is 11.0. The molecular weight excluding hydrogens is 588 g/mol. The van der Waals surface area contributed by atoms with Crippen LogP contribution in [0.2, 0.25) is 0 Å². The molecule has 1 N–H and O–H groups in total. The summed E-state index contributed by atoms with van der Waals surface area (Å²) in [6.45, 7) is 11.3. The van der Waals surface area contributed by atoms with Crippen molar-refractivity contribution in [2.24, 2.45) is 0 Å². The highest BCUT2D eigenvalue weighted by Gasteiger charge is 2.49. The van der Waals surface area contributed by atoms with Crippen molar-refractivity contribution in [2.75, 3.05) is 45.8 Å². The number of halogens is 1. The molecule has 1 aromatic carbocycles. The number of aromatic nitrogens is 2. The predicted molar refractivity (Wildman–Crippen MR) is 168 cm³/mol. The molecule has 1 unspecified atom stereocenters. The monoisotopic (exact) mass is 630 g/mol. The third-order valence-corrected chi connectivity index (χ3v) is 13.6. The molecule has 12 heteroatoms. The van der Waals surface area contributed by atoms with Gasteiger partial charge in [0.15, 0.2) is 0 Å². The minimum atomic E-state index is -3.64. The molecule has 3 fully saturated rings. The van der Waals surface area contributed by atoms with Gasteiger partial charge in [-0.15, -0.1) is 0 Å². The summed E-state index contributed by atoms with van der Waals surface area (Å²) in [4.78, 5) is 11.1. The smallest absolute Gasteiger partial charge is 0.248 e. The number of thioether (sulfide) groups is 1. The molecule has 3 aliphatic heterocycles. The fraction of sp³-hybridized carbons (Fsp3) is 0.581. The summed E-state index contributed by atoms with van der Waals surface area (Å²) >= 11 is 1.47. The van der Waals surface area contributed by atoms with Gasteiger partial charge in [0.05, 0.1) is 29.0 Å². The number of hydrogen-bond acceptors (Lipinski definition) is 8. The minimum Gasteiger partial charge on any atom is -0.392 e. The Hall–Kier alpha value is -2.06. The van der Waals surface area contributed by atoms with Crippen LogP contribution in [0.15, 0.2) is 59.3 Å². The fourth-order valence-electron chi connectivity index (χ4n) is 7.03. The average molecular weight is 631 g/mol. The number of benzene rings is 1. The number of piperazine rings is 2. The van der Waals surface area contributed by atoms with Crippen molar-refractivity contribution in [3.63, 3.8) is 0 Å². The second-order valence-electron chi connectivity index (χ2n) is 12.4. The van der Waals surface area contributed by atoms with Crippen LogP contribution < -0.4 is 0 Å². The molecule has 4 heterocycles. The molecule has 234 valence electrons. The lowest BCUT2D eigenvalue weighted by Gasteiger charge is -2.53. The number of aliphatic hydroxyl groups is 1. The molecule has 0 radical (unpaired) electrons. The van der Waals surface area contributed by atoms with E-state index in [4.69, 9.17) is 0 Å². The number of sulfonamides is 1. The average Bonchev–Trinajstić information content (AvgIpc) is 3.58. The van der Waals surface area contributed by atoms with Gasteiger partial charge in [0.2, 0.25) is 10.0 Å². The van der Waals surface area contributed by atoms with Crippen LogP contribution >= 0.6 is 11.8 Å². The molecule has 0 saturated carbocycles. The van der Waals surface area contributed by atoms with E-state index in [1.165, 1.54) is 23.9 Å². The molecule has 3 saturated heterocycles. The molecule has 1 aromatic heterocycles. The number of hydrogen-bond donors (Lipinski definition) is 1. The van der Waals surface area contributed by atoms with Crippen molar-refractivity contribution in [3.8, 4) is 0 Å². The van der Waals surface area contributed by atoms with Crippen LogP contribution in [0.5, 0.6) is 0 Å². The molecule has 0 spiro atoms. The quantitative estimate of drug-likeness (QED) is 0.422. The van der Waals surface area contributed by atoms with Crippen LogP contribution in [0.3, 0.4) is 0 Å². The van der Waals surface area contributed by atoms with Gasteiger partial charge in [0.1, 0.15) is 10.1 Å². The van der Waals surface area contributed by atoms with Crippen LogP contribution in [-0.2, 0) is 16.6 Å². The van der Waals surface area contributed by atoms with E-state index in [1.807, 2.05) is 13.1 Å². The van der Waals surface area contributed by atoms with Crippen molar-refractivity contribution in [2.45, 2.75) is 69.3 Å². The van der Waals surface area contributed by atoms with Gasteiger partial charge in [-0.1, -0.05) is 42.1 Å². The number of allylic oxidation sites excluding steroid dienone is 1. The van der Waals surface area contributed by atoms with Gasteiger partial charge in [-0.25, -0.2) is 17.8 Å². The van der Waals surface area contributed by atoms with E-state index in [-0.39, 0.29) is 28.9 Å². The van der Waals surface area contributed by atoms with E-state index in [2.05, 4.69) is 50.3 Å². The number of rotatable bonds is 9. The Bertz CT molecular complexity index is 1460. The highest BCUT2D eigenvalue weighted by Crippen LogP contribution is 2.49. The van der Waals surface area contributed by atoms with Crippen LogP contribution in [-0.4, -0.2) is 111 Å². The van der Waals surface area contributed by atoms with E-state index >= 15 is 0 Å². The number of fused-ring (bicyclic) bond motifs is 1. The van der Waals surface area contributed by atoms with E-state index in [0.29, 0.717) is 43.0 Å². The molecule has 0 bridgehead atoms. The number of imidazole rings is 1. The van der Waals surface area contributed by atoms with Gasteiger partial charge >= 0.3 is 0 Å². The third kappa shape index (κ3) is 6.12. The summed E-state index contributed by atoms with van der Waals surface area (Å²) in [5, 5.41) is 10.2. The van der Waals surface area contributed by atoms with Crippen LogP contribution in [0.25, 0.3) is 0 Å². The standard InChI is InChI=1S/C31H43FN6O3S2/c1-4-30(42-31(10-5-11-31)38-20-27-16-29(39)21-35(27)18-23(38)2)43(40,41)36-14-12-34(13-15-36)19-28-17-33-22-37(28)24(3)25-6-8-26(32)9-7-25/h4-10,17,22-24,27,29,39H,11-16,18-21H2,1-3H3/b30-4+/t23?,24-,27+,29-,31+/m1/s1. The van der Waals surface area contributed by atoms with Gasteiger partial charge in [-0.05, 0) is 51.3 Å². The third-order valence-electron chi connectivity index (χ3n) is 9.56. The summed E-state index contributed by atoms with van der Waals surface area (Å²) < 4.78 is 45.5. The van der Waals surface area contributed by atoms with E-state index in [0.717, 1.165) is 43.7 Å². The van der Waals surface area contributed by atoms with Gasteiger partial charge in [0.25, 0.3) is 0 Å². The Labute approximate surface area is 259 Å². The van der Waals surface area contributed by atoms with E-state index < -0.39 is 10.0 Å². The Morgan fingerprint density at radius 1 is 1.19 bits per heavy atom. The Morgan fingerprint density at radius 2 is 1.91 bits per heavy atom. The summed E-state index contributed by atoms with van der Waals surface area (Å²) in [5.74, 6) is -0.254. The van der Waals surface area contributed by atoms with Crippen LogP contribution in [0.4, 0.5) is 4.39 Å². The summed E-state index contributed by atoms with van der Waals surface area (Å²) in [7, 11) is -3.64. The summed E-state index contributed by atoms with van der Waals surface area (Å²) in [5.41, 5.74) is 2.05. The normalized spacial score (nSPS) is 30.3. The molecule has 43 heavy (non-hydrogen) atoms. The molecule has 5 atom stereocenters. The van der Waals surface area contributed by atoms with Gasteiger partial charge in [-0.3, -0.25) is 14.7 Å². The minimum absolute atomic E-state index is 0.00588. The van der Waals surface area contributed by atoms with E-state index in [9.17, 15) is 17.9 Å². The summed E-state index contributed by atoms with van der Waals surface area (Å²) in [6, 6.07) is 7.13. The Morgan fingerprint density at radius 3 is 2.56 bits per heavy atom. The maximum atomic E-state index is 14.0. The maximum absolute atomic E-state index is 14.0. The predicted octanol–water partition coefficient (Wildman–Crippen LogP) is 3.47. The number of nitrogens with zero attached hydrogens (tertiary/aromatic N) is 6. The lowest BCUT2D eigenvalue weighted by atomic mass is 9.96. The first-order valence-corrected chi connectivity index (χ1v) is 17.6. The lowest BCUT2D eigenvalue weighted by Crippen LogP contribution is -2.63. The molecule has 0 amide bonds. The second kappa shape index (κ2) is 12.4. The second-order valence-corrected chi connectivity index (χ2v) is 15.9. The van der Waals surface area contributed by atoms with Crippen molar-refractivity contribution < 1.29 is 17.9 Å². The van der Waals surface area contributed by atoms with Crippen molar-refractivity contribution in [1.82, 2.24) is 28.6 Å². The topological polar surface area (TPSA) is 85.2 Å². The lowest BCUT2D eigenvalue weighted by molar-refractivity contribution is 0.0257. The molecule has 9 nitrogen and oxygen atoms in total. The van der Waals surface area contributed by atoms with Crippen LogP contribution in [0.1, 0.15) is 50.9 Å². The van der Waals surface area contributed by atoms with Gasteiger partial charge in [-0.2, -0.15) is 4.31 Å². The Kier molecular flexibility index (Phi) is 8.91.